The molecule has 0 aliphatic rings. The van der Waals surface area contributed by atoms with Crippen molar-refractivity contribution in [2.45, 2.75) is 41.5 Å². The van der Waals surface area contributed by atoms with Crippen molar-refractivity contribution in [1.29, 1.82) is 0 Å². The SMILES string of the molecule is Cc1ccccc1NC(=O)N(CC(C)C)c1ccc(N(CC(C)C)C(=O)Nc2ccccc2C)nn1. The molecule has 0 bridgehead atoms. The first-order valence-corrected chi connectivity index (χ1v) is 12.3. The summed E-state index contributed by atoms with van der Waals surface area (Å²) in [7, 11) is 0. The summed E-state index contributed by atoms with van der Waals surface area (Å²) in [5.74, 6) is 1.27. The molecule has 2 N–H and O–H groups in total. The number of hydrogen-bond donors (Lipinski definition) is 2. The van der Waals surface area contributed by atoms with Crippen molar-refractivity contribution in [3.63, 3.8) is 0 Å². The number of para-hydroxylation sites is 2. The number of carbonyl (C=O) groups is 2. The molecule has 3 aromatic rings. The molecule has 0 spiro atoms. The van der Waals surface area contributed by atoms with Crippen molar-refractivity contribution in [3.05, 3.63) is 71.8 Å². The van der Waals surface area contributed by atoms with Crippen LogP contribution < -0.4 is 20.4 Å². The number of hydrogen-bond acceptors (Lipinski definition) is 4. The molecule has 2 aromatic carbocycles. The second kappa shape index (κ2) is 12.2. The molecular weight excluding hydrogens is 452 g/mol. The zero-order chi connectivity index (χ0) is 26.2. The Balaban J connectivity index is 1.84. The first-order chi connectivity index (χ1) is 17.2. The molecule has 36 heavy (non-hydrogen) atoms. The Morgan fingerprint density at radius 3 is 1.33 bits per heavy atom. The van der Waals surface area contributed by atoms with Gasteiger partial charge in [-0.3, -0.25) is 9.80 Å². The highest BCUT2D eigenvalue weighted by Gasteiger charge is 2.23. The first-order valence-electron chi connectivity index (χ1n) is 12.3. The van der Waals surface area contributed by atoms with Crippen LogP contribution >= 0.6 is 0 Å². The molecule has 0 saturated carbocycles. The van der Waals surface area contributed by atoms with Gasteiger partial charge < -0.3 is 10.6 Å². The van der Waals surface area contributed by atoms with E-state index in [1.807, 2.05) is 90.1 Å². The lowest BCUT2D eigenvalue weighted by Crippen LogP contribution is -2.40. The van der Waals surface area contributed by atoms with Crippen LogP contribution in [-0.2, 0) is 0 Å². The average Bonchev–Trinajstić information content (AvgIpc) is 2.84. The van der Waals surface area contributed by atoms with Crippen LogP contribution in [0.2, 0.25) is 0 Å². The van der Waals surface area contributed by atoms with Gasteiger partial charge >= 0.3 is 12.1 Å². The van der Waals surface area contributed by atoms with E-state index in [0.717, 1.165) is 22.5 Å². The minimum absolute atomic E-state index is 0.214. The number of carbonyl (C=O) groups excluding carboxylic acids is 2. The third-order valence-corrected chi connectivity index (χ3v) is 5.55. The summed E-state index contributed by atoms with van der Waals surface area (Å²) in [6.45, 7) is 13.0. The fourth-order valence-electron chi connectivity index (χ4n) is 3.69. The van der Waals surface area contributed by atoms with Crippen LogP contribution in [0.25, 0.3) is 0 Å². The van der Waals surface area contributed by atoms with Crippen molar-refractivity contribution in [3.8, 4) is 0 Å². The van der Waals surface area contributed by atoms with E-state index in [4.69, 9.17) is 0 Å². The van der Waals surface area contributed by atoms with Gasteiger partial charge in [0.25, 0.3) is 0 Å². The maximum atomic E-state index is 13.2. The highest BCUT2D eigenvalue weighted by molar-refractivity contribution is 6.02. The molecule has 8 heteroatoms. The Morgan fingerprint density at radius 2 is 1.03 bits per heavy atom. The summed E-state index contributed by atoms with van der Waals surface area (Å²) in [6.07, 6.45) is 0. The van der Waals surface area contributed by atoms with E-state index in [9.17, 15) is 9.59 Å². The summed E-state index contributed by atoms with van der Waals surface area (Å²) < 4.78 is 0. The number of aryl methyl sites for hydroxylation is 2. The van der Waals surface area contributed by atoms with Crippen LogP contribution in [0.1, 0.15) is 38.8 Å². The zero-order valence-corrected chi connectivity index (χ0v) is 21.9. The third kappa shape index (κ3) is 7.04. The van der Waals surface area contributed by atoms with E-state index in [0.29, 0.717) is 24.7 Å². The molecule has 0 unspecified atom stereocenters. The van der Waals surface area contributed by atoms with Crippen molar-refractivity contribution >= 4 is 35.1 Å². The quantitative estimate of drug-likeness (QED) is 0.379. The predicted molar refractivity (Wildman–Crippen MR) is 147 cm³/mol. The third-order valence-electron chi connectivity index (χ3n) is 5.55. The molecule has 0 radical (unpaired) electrons. The van der Waals surface area contributed by atoms with Crippen LogP contribution in [-0.4, -0.2) is 35.3 Å². The van der Waals surface area contributed by atoms with Crippen LogP contribution in [0.3, 0.4) is 0 Å². The second-order valence-electron chi connectivity index (χ2n) is 9.75. The number of aromatic nitrogens is 2. The number of benzene rings is 2. The summed E-state index contributed by atoms with van der Waals surface area (Å²) in [6, 6.07) is 18.2. The summed E-state index contributed by atoms with van der Waals surface area (Å²) in [4.78, 5) is 29.5. The molecule has 0 saturated heterocycles. The van der Waals surface area contributed by atoms with Crippen LogP contribution in [0, 0.1) is 25.7 Å². The molecule has 0 atom stereocenters. The maximum Gasteiger partial charge on any atom is 0.327 e. The van der Waals surface area contributed by atoms with E-state index >= 15 is 0 Å². The molecule has 3 rings (SSSR count). The van der Waals surface area contributed by atoms with E-state index in [2.05, 4.69) is 20.8 Å². The molecular formula is C28H36N6O2. The normalized spacial score (nSPS) is 10.9. The molecule has 0 fully saturated rings. The lowest BCUT2D eigenvalue weighted by molar-refractivity contribution is 0.255. The highest BCUT2D eigenvalue weighted by Crippen LogP contribution is 2.22. The number of urea groups is 2. The number of anilines is 4. The van der Waals surface area contributed by atoms with E-state index in [1.165, 1.54) is 0 Å². The number of nitrogens with zero attached hydrogens (tertiary/aromatic N) is 4. The Bertz CT molecular complexity index is 1080. The standard InChI is InChI=1S/C28H36N6O2/c1-19(2)17-33(27(35)29-23-13-9-7-11-21(23)5)25-15-16-26(32-31-25)34(18-20(3)4)28(36)30-24-14-10-8-12-22(24)6/h7-16,19-20H,17-18H2,1-6H3,(H,29,35)(H,30,36). The van der Waals surface area contributed by atoms with Gasteiger partial charge in [-0.05, 0) is 61.1 Å². The Labute approximate surface area is 213 Å². The molecule has 8 nitrogen and oxygen atoms in total. The second-order valence-corrected chi connectivity index (χ2v) is 9.75. The monoisotopic (exact) mass is 488 g/mol. The number of nitrogens with one attached hydrogen (secondary N) is 2. The summed E-state index contributed by atoms with van der Waals surface area (Å²) in [5.41, 5.74) is 3.44. The van der Waals surface area contributed by atoms with Crippen molar-refractivity contribution < 1.29 is 9.59 Å². The molecule has 190 valence electrons. The predicted octanol–water partition coefficient (Wildman–Crippen LogP) is 6.48. The smallest absolute Gasteiger partial charge is 0.307 e. The Morgan fingerprint density at radius 1 is 0.667 bits per heavy atom. The van der Waals surface area contributed by atoms with Gasteiger partial charge in [0.05, 0.1) is 0 Å². The summed E-state index contributed by atoms with van der Waals surface area (Å²) in [5, 5.41) is 14.6. The summed E-state index contributed by atoms with van der Waals surface area (Å²) >= 11 is 0. The first kappa shape index (κ1) is 26.7. The van der Waals surface area contributed by atoms with Gasteiger partial charge in [0.2, 0.25) is 0 Å². The topological polar surface area (TPSA) is 90.5 Å². The van der Waals surface area contributed by atoms with Crippen LogP contribution in [0.4, 0.5) is 32.6 Å². The van der Waals surface area contributed by atoms with Gasteiger partial charge in [0.15, 0.2) is 11.6 Å². The Kier molecular flexibility index (Phi) is 9.00. The number of rotatable bonds is 8. The molecule has 4 amide bonds. The fourth-order valence-corrected chi connectivity index (χ4v) is 3.69. The van der Waals surface area contributed by atoms with Gasteiger partial charge in [0.1, 0.15) is 0 Å². The van der Waals surface area contributed by atoms with Gasteiger partial charge in [0, 0.05) is 24.5 Å². The van der Waals surface area contributed by atoms with Crippen molar-refractivity contribution in [2.75, 3.05) is 33.5 Å². The maximum absolute atomic E-state index is 13.2. The minimum atomic E-state index is -0.281. The molecule has 0 aliphatic heterocycles. The van der Waals surface area contributed by atoms with Crippen molar-refractivity contribution in [2.24, 2.45) is 11.8 Å². The average molecular weight is 489 g/mol. The number of amides is 4. The lowest BCUT2D eigenvalue weighted by atomic mass is 10.2. The van der Waals surface area contributed by atoms with E-state index in [1.54, 1.807) is 21.9 Å². The molecule has 1 heterocycles. The zero-order valence-electron chi connectivity index (χ0n) is 21.9. The van der Waals surface area contributed by atoms with Gasteiger partial charge in [-0.2, -0.15) is 0 Å². The fraction of sp³-hybridized carbons (Fsp3) is 0.357. The largest absolute Gasteiger partial charge is 0.327 e. The van der Waals surface area contributed by atoms with Gasteiger partial charge in [-0.25, -0.2) is 9.59 Å². The molecule has 0 aliphatic carbocycles. The van der Waals surface area contributed by atoms with Gasteiger partial charge in [-0.15, -0.1) is 10.2 Å². The van der Waals surface area contributed by atoms with Crippen molar-refractivity contribution in [1.82, 2.24) is 10.2 Å². The van der Waals surface area contributed by atoms with Gasteiger partial charge in [-0.1, -0.05) is 64.1 Å². The van der Waals surface area contributed by atoms with E-state index < -0.39 is 0 Å². The van der Waals surface area contributed by atoms with Crippen LogP contribution in [0.15, 0.2) is 60.7 Å². The molecule has 1 aromatic heterocycles. The highest BCUT2D eigenvalue weighted by atomic mass is 16.2. The Hall–Kier alpha value is -3.94. The van der Waals surface area contributed by atoms with E-state index in [-0.39, 0.29) is 23.9 Å². The van der Waals surface area contributed by atoms with Crippen LogP contribution in [0.5, 0.6) is 0 Å². The lowest BCUT2D eigenvalue weighted by Gasteiger charge is -2.26. The minimum Gasteiger partial charge on any atom is -0.307 e.